The minimum absolute atomic E-state index is 0.0424. The van der Waals surface area contributed by atoms with E-state index in [1.54, 1.807) is 12.1 Å². The highest BCUT2D eigenvalue weighted by molar-refractivity contribution is 5.95. The number of nitrogens with one attached hydrogen (secondary N) is 1. The second-order valence-electron chi connectivity index (χ2n) is 3.63. The first-order valence-corrected chi connectivity index (χ1v) is 4.83. The lowest BCUT2D eigenvalue weighted by Crippen LogP contribution is -2.30. The summed E-state index contributed by atoms with van der Waals surface area (Å²) < 4.78 is 0. The van der Waals surface area contributed by atoms with Crippen LogP contribution in [0.1, 0.15) is 22.8 Å². The quantitative estimate of drug-likeness (QED) is 0.583. The first kappa shape index (κ1) is 11.3. The Morgan fingerprint density at radius 3 is 2.73 bits per heavy atom. The predicted molar refractivity (Wildman–Crippen MR) is 62.7 cm³/mol. The fourth-order valence-electron chi connectivity index (χ4n) is 1.29. The summed E-state index contributed by atoms with van der Waals surface area (Å²) in [5, 5.41) is 2.79. The van der Waals surface area contributed by atoms with Gasteiger partial charge in [-0.1, -0.05) is 6.08 Å². The molecule has 0 bridgehead atoms. The molecule has 1 aromatic carbocycles. The summed E-state index contributed by atoms with van der Waals surface area (Å²) in [6, 6.07) is 5.26. The van der Waals surface area contributed by atoms with E-state index in [-0.39, 0.29) is 11.9 Å². The van der Waals surface area contributed by atoms with Gasteiger partial charge in [-0.2, -0.15) is 0 Å². The summed E-state index contributed by atoms with van der Waals surface area (Å²) in [6.07, 6.45) is 1.68. The third kappa shape index (κ3) is 3.13. The van der Waals surface area contributed by atoms with Gasteiger partial charge in [-0.3, -0.25) is 4.79 Å². The number of nitrogen functional groups attached to an aromatic ring is 1. The van der Waals surface area contributed by atoms with Gasteiger partial charge in [0.25, 0.3) is 5.91 Å². The van der Waals surface area contributed by atoms with Crippen LogP contribution in [0.2, 0.25) is 0 Å². The van der Waals surface area contributed by atoms with Gasteiger partial charge in [0.2, 0.25) is 0 Å². The number of nitrogens with two attached hydrogens (primary N) is 1. The van der Waals surface area contributed by atoms with Gasteiger partial charge >= 0.3 is 0 Å². The molecule has 0 aromatic heterocycles. The minimum atomic E-state index is -0.127. The van der Waals surface area contributed by atoms with Crippen LogP contribution in [0.3, 0.4) is 0 Å². The zero-order valence-corrected chi connectivity index (χ0v) is 9.08. The molecule has 3 heteroatoms. The van der Waals surface area contributed by atoms with E-state index in [1.807, 2.05) is 26.0 Å². The molecular weight excluding hydrogens is 188 g/mol. The van der Waals surface area contributed by atoms with Crippen molar-refractivity contribution in [1.82, 2.24) is 5.32 Å². The number of amides is 1. The smallest absolute Gasteiger partial charge is 0.251 e. The van der Waals surface area contributed by atoms with Crippen molar-refractivity contribution >= 4 is 11.6 Å². The summed E-state index contributed by atoms with van der Waals surface area (Å²) >= 11 is 0. The first-order chi connectivity index (χ1) is 7.02. The van der Waals surface area contributed by atoms with Crippen molar-refractivity contribution in [3.8, 4) is 0 Å². The molecule has 0 saturated heterocycles. The van der Waals surface area contributed by atoms with Crippen LogP contribution in [-0.2, 0) is 0 Å². The van der Waals surface area contributed by atoms with E-state index in [9.17, 15) is 4.79 Å². The van der Waals surface area contributed by atoms with Crippen molar-refractivity contribution in [2.75, 3.05) is 5.73 Å². The first-order valence-electron chi connectivity index (χ1n) is 4.83. The molecule has 0 aliphatic heterocycles. The monoisotopic (exact) mass is 204 g/mol. The molecule has 3 N–H and O–H groups in total. The molecule has 0 radical (unpaired) electrons. The number of aryl methyl sites for hydroxylation is 1. The van der Waals surface area contributed by atoms with Crippen molar-refractivity contribution in [1.29, 1.82) is 0 Å². The second kappa shape index (κ2) is 4.64. The van der Waals surface area contributed by atoms with Crippen molar-refractivity contribution < 1.29 is 4.79 Å². The van der Waals surface area contributed by atoms with Crippen LogP contribution in [0, 0.1) is 6.92 Å². The highest BCUT2D eigenvalue weighted by Gasteiger charge is 2.08. The van der Waals surface area contributed by atoms with Crippen LogP contribution >= 0.6 is 0 Å². The molecule has 3 nitrogen and oxygen atoms in total. The summed E-state index contributed by atoms with van der Waals surface area (Å²) in [6.45, 7) is 7.37. The average molecular weight is 204 g/mol. The molecule has 80 valence electrons. The maximum absolute atomic E-state index is 11.7. The Hall–Kier alpha value is -1.77. The lowest BCUT2D eigenvalue weighted by Gasteiger charge is -2.10. The average Bonchev–Trinajstić information content (AvgIpc) is 2.16. The van der Waals surface area contributed by atoms with E-state index in [1.165, 1.54) is 0 Å². The van der Waals surface area contributed by atoms with Gasteiger partial charge in [0.1, 0.15) is 0 Å². The number of anilines is 1. The molecule has 1 aromatic rings. The Labute approximate surface area is 90.0 Å². The van der Waals surface area contributed by atoms with E-state index in [2.05, 4.69) is 11.9 Å². The number of hydrogen-bond donors (Lipinski definition) is 2. The lowest BCUT2D eigenvalue weighted by atomic mass is 10.1. The highest BCUT2D eigenvalue weighted by atomic mass is 16.1. The Morgan fingerprint density at radius 2 is 2.20 bits per heavy atom. The van der Waals surface area contributed by atoms with Crippen LogP contribution in [-0.4, -0.2) is 11.9 Å². The fraction of sp³-hybridized carbons (Fsp3) is 0.250. The molecule has 0 saturated carbocycles. The number of carbonyl (C=O) groups is 1. The Morgan fingerprint density at radius 1 is 1.53 bits per heavy atom. The molecule has 0 heterocycles. The maximum Gasteiger partial charge on any atom is 0.251 e. The summed E-state index contributed by atoms with van der Waals surface area (Å²) in [5.41, 5.74) is 7.83. The van der Waals surface area contributed by atoms with Gasteiger partial charge in [-0.25, -0.2) is 0 Å². The van der Waals surface area contributed by atoms with Crippen molar-refractivity contribution in [2.45, 2.75) is 19.9 Å². The Kier molecular flexibility index (Phi) is 3.50. The van der Waals surface area contributed by atoms with Crippen molar-refractivity contribution in [2.24, 2.45) is 0 Å². The zero-order chi connectivity index (χ0) is 11.4. The number of hydrogen-bond acceptors (Lipinski definition) is 2. The molecule has 15 heavy (non-hydrogen) atoms. The molecule has 1 unspecified atom stereocenters. The fourth-order valence-corrected chi connectivity index (χ4v) is 1.29. The van der Waals surface area contributed by atoms with Crippen LogP contribution in [0.5, 0.6) is 0 Å². The number of rotatable bonds is 3. The van der Waals surface area contributed by atoms with E-state index in [0.717, 1.165) is 5.56 Å². The molecule has 0 spiro atoms. The highest BCUT2D eigenvalue weighted by Crippen LogP contribution is 2.11. The molecule has 1 atom stereocenters. The summed E-state index contributed by atoms with van der Waals surface area (Å²) in [5.74, 6) is -0.127. The van der Waals surface area contributed by atoms with Gasteiger partial charge < -0.3 is 11.1 Å². The Balaban J connectivity index is 2.86. The number of benzene rings is 1. The molecule has 1 rings (SSSR count). The molecule has 0 aliphatic rings. The summed E-state index contributed by atoms with van der Waals surface area (Å²) in [4.78, 5) is 11.7. The lowest BCUT2D eigenvalue weighted by molar-refractivity contribution is 0.0947. The second-order valence-corrected chi connectivity index (χ2v) is 3.63. The standard InChI is InChI=1S/C12H16N2O/c1-4-9(3)14-12(15)10-5-8(2)6-11(13)7-10/h4-7,9H,1,13H2,2-3H3,(H,14,15). The van der Waals surface area contributed by atoms with Crippen LogP contribution in [0.15, 0.2) is 30.9 Å². The maximum atomic E-state index is 11.7. The third-order valence-corrected chi connectivity index (χ3v) is 2.07. The topological polar surface area (TPSA) is 55.1 Å². The van der Waals surface area contributed by atoms with Gasteiger partial charge in [-0.15, -0.1) is 6.58 Å². The zero-order valence-electron chi connectivity index (χ0n) is 9.08. The van der Waals surface area contributed by atoms with E-state index < -0.39 is 0 Å². The third-order valence-electron chi connectivity index (χ3n) is 2.07. The molecule has 0 aliphatic carbocycles. The molecular formula is C12H16N2O. The molecule has 1 amide bonds. The van der Waals surface area contributed by atoms with Gasteiger partial charge in [0, 0.05) is 17.3 Å². The van der Waals surface area contributed by atoms with Crippen LogP contribution in [0.25, 0.3) is 0 Å². The van der Waals surface area contributed by atoms with Gasteiger partial charge in [0.05, 0.1) is 0 Å². The predicted octanol–water partition coefficient (Wildman–Crippen LogP) is 1.88. The van der Waals surface area contributed by atoms with Gasteiger partial charge in [0.15, 0.2) is 0 Å². The van der Waals surface area contributed by atoms with Crippen molar-refractivity contribution in [3.63, 3.8) is 0 Å². The van der Waals surface area contributed by atoms with E-state index >= 15 is 0 Å². The normalized spacial score (nSPS) is 11.9. The minimum Gasteiger partial charge on any atom is -0.399 e. The van der Waals surface area contributed by atoms with Crippen LogP contribution < -0.4 is 11.1 Å². The van der Waals surface area contributed by atoms with Crippen molar-refractivity contribution in [3.05, 3.63) is 42.0 Å². The summed E-state index contributed by atoms with van der Waals surface area (Å²) in [7, 11) is 0. The van der Waals surface area contributed by atoms with Crippen LogP contribution in [0.4, 0.5) is 5.69 Å². The molecule has 0 fully saturated rings. The van der Waals surface area contributed by atoms with Gasteiger partial charge in [-0.05, 0) is 37.6 Å². The number of carbonyl (C=O) groups excluding carboxylic acids is 1. The largest absolute Gasteiger partial charge is 0.399 e. The van der Waals surface area contributed by atoms with E-state index in [4.69, 9.17) is 5.73 Å². The Bertz CT molecular complexity index is 365. The SMILES string of the molecule is C=CC(C)NC(=O)c1cc(C)cc(N)c1. The van der Waals surface area contributed by atoms with E-state index in [0.29, 0.717) is 11.3 Å².